The van der Waals surface area contributed by atoms with Gasteiger partial charge in [0.15, 0.2) is 0 Å². The summed E-state index contributed by atoms with van der Waals surface area (Å²) in [6, 6.07) is 3.23. The summed E-state index contributed by atoms with van der Waals surface area (Å²) in [5.41, 5.74) is 0.271. The molecule has 0 spiro atoms. The van der Waals surface area contributed by atoms with E-state index in [0.717, 1.165) is 24.5 Å². The third kappa shape index (κ3) is 3.04. The fourth-order valence-corrected chi connectivity index (χ4v) is 3.08. The number of aryl methyl sites for hydroxylation is 3. The molecule has 1 fully saturated rings. The molecule has 1 atom stereocenters. The molecule has 1 unspecified atom stereocenters. The van der Waals surface area contributed by atoms with Crippen LogP contribution in [-0.4, -0.2) is 43.2 Å². The number of rotatable bonds is 2. The molecule has 122 valence electrons. The first-order valence-electron chi connectivity index (χ1n) is 7.81. The van der Waals surface area contributed by atoms with Crippen molar-refractivity contribution in [2.24, 2.45) is 7.05 Å². The average molecular weight is 315 g/mol. The van der Waals surface area contributed by atoms with Gasteiger partial charge in [0, 0.05) is 38.0 Å². The quantitative estimate of drug-likeness (QED) is 0.831. The van der Waals surface area contributed by atoms with Gasteiger partial charge in [0.05, 0.1) is 6.04 Å². The van der Waals surface area contributed by atoms with Gasteiger partial charge < -0.3 is 9.47 Å². The molecule has 3 rings (SSSR count). The second kappa shape index (κ2) is 5.98. The number of hydrogen-bond acceptors (Lipinski definition) is 4. The fraction of sp³-hybridized carbons (Fsp3) is 0.500. The Balaban J connectivity index is 1.80. The molecule has 2 aromatic rings. The summed E-state index contributed by atoms with van der Waals surface area (Å²) in [6.07, 6.45) is 3.52. The van der Waals surface area contributed by atoms with Gasteiger partial charge in [0.25, 0.3) is 11.5 Å². The van der Waals surface area contributed by atoms with Gasteiger partial charge in [0.2, 0.25) is 0 Å². The highest BCUT2D eigenvalue weighted by Gasteiger charge is 2.27. The lowest BCUT2D eigenvalue weighted by atomic mass is 10.0. The summed E-state index contributed by atoms with van der Waals surface area (Å²) >= 11 is 0. The van der Waals surface area contributed by atoms with Crippen LogP contribution in [0, 0.1) is 13.8 Å². The van der Waals surface area contributed by atoms with Gasteiger partial charge in [-0.3, -0.25) is 9.59 Å². The molecular weight excluding hydrogens is 294 g/mol. The maximum absolute atomic E-state index is 12.7. The minimum atomic E-state index is -0.174. The van der Waals surface area contributed by atoms with Gasteiger partial charge in [-0.1, -0.05) is 0 Å². The van der Waals surface area contributed by atoms with Gasteiger partial charge in [-0.25, -0.2) is 9.67 Å². The van der Waals surface area contributed by atoms with Crippen LogP contribution in [-0.2, 0) is 7.05 Å². The number of likely N-dealkylation sites (tertiary alicyclic amines) is 1. The summed E-state index contributed by atoms with van der Waals surface area (Å²) in [7, 11) is 1.67. The van der Waals surface area contributed by atoms with Crippen molar-refractivity contribution in [1.29, 1.82) is 0 Å². The zero-order valence-corrected chi connectivity index (χ0v) is 13.7. The summed E-state index contributed by atoms with van der Waals surface area (Å²) in [4.78, 5) is 30.5. The largest absolute Gasteiger partial charge is 0.336 e. The summed E-state index contributed by atoms with van der Waals surface area (Å²) in [5.74, 6) is 1.52. The maximum Gasteiger partial charge on any atom is 0.254 e. The first-order chi connectivity index (χ1) is 11.0. The first kappa shape index (κ1) is 15.5. The van der Waals surface area contributed by atoms with Crippen molar-refractivity contribution in [2.45, 2.75) is 32.7 Å². The number of pyridine rings is 1. The molecule has 1 aliphatic heterocycles. The van der Waals surface area contributed by atoms with Crippen LogP contribution in [0.2, 0.25) is 0 Å². The normalized spacial score (nSPS) is 18.2. The molecule has 0 aromatic carbocycles. The minimum absolute atomic E-state index is 0.0955. The minimum Gasteiger partial charge on any atom is -0.336 e. The van der Waals surface area contributed by atoms with Gasteiger partial charge in [-0.2, -0.15) is 5.10 Å². The molecule has 3 heterocycles. The van der Waals surface area contributed by atoms with E-state index in [9.17, 15) is 9.59 Å². The second-order valence-corrected chi connectivity index (χ2v) is 6.06. The Morgan fingerprint density at radius 1 is 1.35 bits per heavy atom. The van der Waals surface area contributed by atoms with Crippen molar-refractivity contribution in [3.8, 4) is 0 Å². The number of hydrogen-bond donors (Lipinski definition) is 0. The summed E-state index contributed by atoms with van der Waals surface area (Å²) in [5, 5.41) is 4.44. The van der Waals surface area contributed by atoms with E-state index in [1.165, 1.54) is 10.6 Å². The van der Waals surface area contributed by atoms with Gasteiger partial charge >= 0.3 is 0 Å². The molecule has 7 nitrogen and oxygen atoms in total. The number of carbonyl (C=O) groups is 1. The van der Waals surface area contributed by atoms with Crippen molar-refractivity contribution >= 4 is 5.91 Å². The lowest BCUT2D eigenvalue weighted by Crippen LogP contribution is -2.41. The van der Waals surface area contributed by atoms with E-state index in [1.807, 2.05) is 18.5 Å². The Morgan fingerprint density at radius 2 is 2.13 bits per heavy atom. The molecule has 1 saturated heterocycles. The first-order valence-corrected chi connectivity index (χ1v) is 7.81. The average Bonchev–Trinajstić information content (AvgIpc) is 2.88. The third-order valence-corrected chi connectivity index (χ3v) is 4.29. The SMILES string of the molecule is Cc1nc(C)n(C2CCCN(C(=O)c3ccn(C)c(=O)c3)C2)n1. The molecule has 0 N–H and O–H groups in total. The molecule has 23 heavy (non-hydrogen) atoms. The van der Waals surface area contributed by atoms with Crippen LogP contribution in [0.3, 0.4) is 0 Å². The molecule has 1 aliphatic rings. The number of nitrogens with zero attached hydrogens (tertiary/aromatic N) is 5. The number of piperidine rings is 1. The standard InChI is InChI=1S/C16H21N5O2/c1-11-17-12(2)21(18-11)14-5-4-7-20(10-14)16(23)13-6-8-19(3)15(22)9-13/h6,8-9,14H,4-5,7,10H2,1-3H3. The van der Waals surface area contributed by atoms with Crippen LogP contribution < -0.4 is 5.56 Å². The van der Waals surface area contributed by atoms with Crippen LogP contribution in [0.15, 0.2) is 23.1 Å². The topological polar surface area (TPSA) is 73.0 Å². The highest BCUT2D eigenvalue weighted by molar-refractivity contribution is 5.94. The van der Waals surface area contributed by atoms with Crippen LogP contribution in [0.25, 0.3) is 0 Å². The monoisotopic (exact) mass is 315 g/mol. The van der Waals surface area contributed by atoms with E-state index in [0.29, 0.717) is 18.7 Å². The Morgan fingerprint density at radius 3 is 2.78 bits per heavy atom. The van der Waals surface area contributed by atoms with E-state index >= 15 is 0 Å². The molecular formula is C16H21N5O2. The maximum atomic E-state index is 12.7. The van der Waals surface area contributed by atoms with Crippen LogP contribution in [0.4, 0.5) is 0 Å². The van der Waals surface area contributed by atoms with E-state index in [1.54, 1.807) is 24.2 Å². The lowest BCUT2D eigenvalue weighted by molar-refractivity contribution is 0.0671. The Labute approximate surface area is 134 Å². The Hall–Kier alpha value is -2.44. The zero-order valence-electron chi connectivity index (χ0n) is 13.7. The highest BCUT2D eigenvalue weighted by atomic mass is 16.2. The highest BCUT2D eigenvalue weighted by Crippen LogP contribution is 2.23. The second-order valence-electron chi connectivity index (χ2n) is 6.06. The van der Waals surface area contributed by atoms with Crippen LogP contribution in [0.1, 0.15) is 40.9 Å². The smallest absolute Gasteiger partial charge is 0.254 e. The molecule has 0 bridgehead atoms. The van der Waals surface area contributed by atoms with Crippen molar-refractivity contribution in [2.75, 3.05) is 13.1 Å². The molecule has 1 amide bonds. The molecule has 0 saturated carbocycles. The lowest BCUT2D eigenvalue weighted by Gasteiger charge is -2.33. The van der Waals surface area contributed by atoms with E-state index in [2.05, 4.69) is 10.1 Å². The van der Waals surface area contributed by atoms with E-state index < -0.39 is 0 Å². The molecule has 0 aliphatic carbocycles. The van der Waals surface area contributed by atoms with Gasteiger partial charge in [-0.15, -0.1) is 0 Å². The van der Waals surface area contributed by atoms with E-state index in [4.69, 9.17) is 0 Å². The predicted octanol–water partition coefficient (Wildman–Crippen LogP) is 1.07. The fourth-order valence-electron chi connectivity index (χ4n) is 3.08. The number of carbonyl (C=O) groups excluding carboxylic acids is 1. The van der Waals surface area contributed by atoms with Crippen molar-refractivity contribution in [3.63, 3.8) is 0 Å². The summed E-state index contributed by atoms with van der Waals surface area (Å²) in [6.45, 7) is 5.10. The zero-order chi connectivity index (χ0) is 16.6. The number of amides is 1. The van der Waals surface area contributed by atoms with Crippen molar-refractivity contribution < 1.29 is 4.79 Å². The van der Waals surface area contributed by atoms with Crippen molar-refractivity contribution in [3.05, 3.63) is 45.9 Å². The van der Waals surface area contributed by atoms with Gasteiger partial charge in [0.1, 0.15) is 11.6 Å². The molecule has 7 heteroatoms. The third-order valence-electron chi connectivity index (χ3n) is 4.29. The summed E-state index contributed by atoms with van der Waals surface area (Å²) < 4.78 is 3.37. The number of aromatic nitrogens is 4. The van der Waals surface area contributed by atoms with Gasteiger partial charge in [-0.05, 0) is 32.8 Å². The van der Waals surface area contributed by atoms with Crippen molar-refractivity contribution in [1.82, 2.24) is 24.2 Å². The Kier molecular flexibility index (Phi) is 4.02. The van der Waals surface area contributed by atoms with Crippen LogP contribution in [0.5, 0.6) is 0 Å². The van der Waals surface area contributed by atoms with Crippen LogP contribution >= 0.6 is 0 Å². The predicted molar refractivity (Wildman–Crippen MR) is 85.4 cm³/mol. The molecule has 0 radical (unpaired) electrons. The molecule has 2 aromatic heterocycles. The Bertz CT molecular complexity index is 792. The van der Waals surface area contributed by atoms with E-state index in [-0.39, 0.29) is 17.5 Å².